The normalized spacial score (nSPS) is 12.4. The van der Waals surface area contributed by atoms with Gasteiger partial charge in [0.25, 0.3) is 0 Å². The average Bonchev–Trinajstić information content (AvgIpc) is 2.67. The molecule has 0 spiro atoms. The summed E-state index contributed by atoms with van der Waals surface area (Å²) in [5.41, 5.74) is 0. The molecule has 16 heavy (non-hydrogen) atoms. The van der Waals surface area contributed by atoms with Gasteiger partial charge in [-0.1, -0.05) is 13.3 Å². The lowest BCUT2D eigenvalue weighted by atomic mass is 10.4. The molecular weight excluding hydrogens is 224 g/mol. The van der Waals surface area contributed by atoms with E-state index in [1.165, 1.54) is 0 Å². The second kappa shape index (κ2) is 7.52. The summed E-state index contributed by atoms with van der Waals surface area (Å²) in [6.45, 7) is 7.41. The first-order chi connectivity index (χ1) is 7.77. The quantitative estimate of drug-likeness (QED) is 0.515. The minimum Gasteiger partial charge on any atom is -0.482 e. The Kier molecular flexibility index (Phi) is 6.26. The van der Waals surface area contributed by atoms with E-state index in [4.69, 9.17) is 14.2 Å². The zero-order valence-electron chi connectivity index (χ0n) is 10.2. The Bertz CT molecular complexity index is 286. The van der Waals surface area contributed by atoms with Crippen molar-refractivity contribution in [2.45, 2.75) is 39.9 Å². The fraction of sp³-hybridized carbons (Fsp3) is 0.667. The molecule has 1 aromatic heterocycles. The van der Waals surface area contributed by atoms with Crippen LogP contribution in [-0.4, -0.2) is 19.5 Å². The van der Waals surface area contributed by atoms with Gasteiger partial charge in [-0.2, -0.15) is 0 Å². The molecule has 1 rings (SSSR count). The molecule has 0 aliphatic heterocycles. The summed E-state index contributed by atoms with van der Waals surface area (Å²) in [6.07, 6.45) is 1.98. The van der Waals surface area contributed by atoms with E-state index in [-0.39, 0.29) is 6.29 Å². The van der Waals surface area contributed by atoms with E-state index in [0.29, 0.717) is 6.61 Å². The fourth-order valence-electron chi connectivity index (χ4n) is 1.21. The van der Waals surface area contributed by atoms with E-state index < -0.39 is 0 Å². The molecular formula is C12H20O3S. The molecule has 0 amide bonds. The highest BCUT2D eigenvalue weighted by Gasteiger charge is 2.10. The fourth-order valence-corrected chi connectivity index (χ4v) is 1.95. The third-order valence-corrected chi connectivity index (χ3v) is 2.82. The summed E-state index contributed by atoms with van der Waals surface area (Å²) in [7, 11) is 0. The number of hydrogen-bond acceptors (Lipinski definition) is 4. The largest absolute Gasteiger partial charge is 0.482 e. The van der Waals surface area contributed by atoms with Crippen molar-refractivity contribution in [3.63, 3.8) is 0 Å². The maximum atomic E-state index is 5.65. The van der Waals surface area contributed by atoms with Crippen LogP contribution in [0.2, 0.25) is 0 Å². The van der Waals surface area contributed by atoms with E-state index in [2.05, 4.69) is 6.92 Å². The Labute approximate surface area is 101 Å². The van der Waals surface area contributed by atoms with Crippen molar-refractivity contribution in [2.24, 2.45) is 0 Å². The zero-order chi connectivity index (χ0) is 11.8. The minimum atomic E-state index is -0.222. The lowest BCUT2D eigenvalue weighted by Crippen LogP contribution is -2.17. The van der Waals surface area contributed by atoms with E-state index in [1.54, 1.807) is 11.3 Å². The van der Waals surface area contributed by atoms with Crippen molar-refractivity contribution in [1.29, 1.82) is 0 Å². The van der Waals surface area contributed by atoms with E-state index in [0.717, 1.165) is 30.3 Å². The molecule has 1 atom stereocenters. The zero-order valence-corrected chi connectivity index (χ0v) is 11.0. The first-order valence-electron chi connectivity index (χ1n) is 5.76. The van der Waals surface area contributed by atoms with Gasteiger partial charge in [-0.05, 0) is 31.7 Å². The molecule has 0 saturated heterocycles. The Balaban J connectivity index is 2.36. The Hall–Kier alpha value is -0.740. The van der Waals surface area contributed by atoms with Crippen LogP contribution in [0, 0.1) is 0 Å². The molecule has 0 aliphatic rings. The lowest BCUT2D eigenvalue weighted by Gasteiger charge is -2.15. The van der Waals surface area contributed by atoms with Gasteiger partial charge in [0.15, 0.2) is 12.0 Å². The van der Waals surface area contributed by atoms with Gasteiger partial charge >= 0.3 is 0 Å². The Morgan fingerprint density at radius 1 is 1.38 bits per heavy atom. The van der Waals surface area contributed by atoms with Crippen LogP contribution in [0.5, 0.6) is 10.8 Å². The number of unbranched alkanes of at least 4 members (excludes halogenated alkanes) is 1. The van der Waals surface area contributed by atoms with E-state index in [9.17, 15) is 0 Å². The monoisotopic (exact) mass is 244 g/mol. The molecule has 1 aromatic rings. The molecule has 0 bridgehead atoms. The molecule has 1 unspecified atom stereocenters. The number of rotatable bonds is 8. The van der Waals surface area contributed by atoms with Gasteiger partial charge in [-0.3, -0.25) is 0 Å². The van der Waals surface area contributed by atoms with Crippen LogP contribution in [0.3, 0.4) is 0 Å². The van der Waals surface area contributed by atoms with Crippen LogP contribution in [0.4, 0.5) is 0 Å². The van der Waals surface area contributed by atoms with E-state index in [1.807, 2.05) is 25.3 Å². The van der Waals surface area contributed by atoms with Crippen LogP contribution in [0.25, 0.3) is 0 Å². The molecule has 4 heteroatoms. The summed E-state index contributed by atoms with van der Waals surface area (Å²) in [4.78, 5) is 0. The summed E-state index contributed by atoms with van der Waals surface area (Å²) in [5, 5.41) is 2.78. The van der Waals surface area contributed by atoms with Gasteiger partial charge in [0.1, 0.15) is 0 Å². The van der Waals surface area contributed by atoms with Crippen LogP contribution in [-0.2, 0) is 4.74 Å². The molecule has 0 fully saturated rings. The van der Waals surface area contributed by atoms with Gasteiger partial charge in [0.05, 0.1) is 13.2 Å². The highest BCUT2D eigenvalue weighted by molar-refractivity contribution is 7.12. The molecule has 3 nitrogen and oxygen atoms in total. The second-order valence-electron chi connectivity index (χ2n) is 3.42. The number of ether oxygens (including phenoxy) is 3. The highest BCUT2D eigenvalue weighted by atomic mass is 32.1. The van der Waals surface area contributed by atoms with Crippen molar-refractivity contribution < 1.29 is 14.2 Å². The minimum absolute atomic E-state index is 0.222. The van der Waals surface area contributed by atoms with Crippen molar-refractivity contribution in [2.75, 3.05) is 13.2 Å². The summed E-state index contributed by atoms with van der Waals surface area (Å²) in [5.74, 6) is 0.774. The second-order valence-corrected chi connectivity index (χ2v) is 4.29. The third kappa shape index (κ3) is 4.41. The molecule has 0 aromatic carbocycles. The van der Waals surface area contributed by atoms with Gasteiger partial charge in [-0.15, -0.1) is 11.3 Å². The molecule has 0 N–H and O–H groups in total. The standard InChI is InChI=1S/C12H20O3S/c1-4-6-8-14-10(3)15-11-7-9-16-12(11)13-5-2/h7,9-10H,4-6,8H2,1-3H3. The smallest absolute Gasteiger partial charge is 0.217 e. The van der Waals surface area contributed by atoms with Crippen molar-refractivity contribution in [1.82, 2.24) is 0 Å². The summed E-state index contributed by atoms with van der Waals surface area (Å²) in [6, 6.07) is 1.91. The first kappa shape index (κ1) is 13.3. The van der Waals surface area contributed by atoms with Crippen molar-refractivity contribution in [3.05, 3.63) is 11.4 Å². The predicted octanol–water partition coefficient (Wildman–Crippen LogP) is 3.69. The van der Waals surface area contributed by atoms with Crippen LogP contribution >= 0.6 is 11.3 Å². The SMILES string of the molecule is CCCCOC(C)Oc1ccsc1OCC. The van der Waals surface area contributed by atoms with Gasteiger partial charge in [-0.25, -0.2) is 0 Å². The van der Waals surface area contributed by atoms with Crippen LogP contribution in [0.1, 0.15) is 33.6 Å². The first-order valence-corrected chi connectivity index (χ1v) is 6.64. The lowest BCUT2D eigenvalue weighted by molar-refractivity contribution is -0.0681. The average molecular weight is 244 g/mol. The molecule has 0 saturated carbocycles. The Morgan fingerprint density at radius 3 is 2.88 bits per heavy atom. The van der Waals surface area contributed by atoms with E-state index >= 15 is 0 Å². The maximum Gasteiger partial charge on any atom is 0.217 e. The van der Waals surface area contributed by atoms with Gasteiger partial charge < -0.3 is 14.2 Å². The predicted molar refractivity (Wildman–Crippen MR) is 66.4 cm³/mol. The topological polar surface area (TPSA) is 27.7 Å². The van der Waals surface area contributed by atoms with Crippen molar-refractivity contribution >= 4 is 11.3 Å². The summed E-state index contributed by atoms with van der Waals surface area (Å²) >= 11 is 1.54. The molecule has 0 radical (unpaired) electrons. The summed E-state index contributed by atoms with van der Waals surface area (Å²) < 4.78 is 16.6. The maximum absolute atomic E-state index is 5.65. The highest BCUT2D eigenvalue weighted by Crippen LogP contribution is 2.34. The Morgan fingerprint density at radius 2 is 2.19 bits per heavy atom. The van der Waals surface area contributed by atoms with Gasteiger partial charge in [0.2, 0.25) is 5.06 Å². The number of thiophene rings is 1. The molecule has 1 heterocycles. The molecule has 92 valence electrons. The third-order valence-electron chi connectivity index (χ3n) is 2.01. The van der Waals surface area contributed by atoms with Crippen LogP contribution < -0.4 is 9.47 Å². The molecule has 0 aliphatic carbocycles. The van der Waals surface area contributed by atoms with Gasteiger partial charge in [0, 0.05) is 0 Å². The van der Waals surface area contributed by atoms with Crippen molar-refractivity contribution in [3.8, 4) is 10.8 Å². The van der Waals surface area contributed by atoms with Crippen LogP contribution in [0.15, 0.2) is 11.4 Å². The number of hydrogen-bond donors (Lipinski definition) is 0.